The summed E-state index contributed by atoms with van der Waals surface area (Å²) in [5, 5.41) is 0.495. The Morgan fingerprint density at radius 3 is 2.71 bits per heavy atom. The molecule has 4 nitrogen and oxygen atoms in total. The number of anilines is 1. The molecule has 0 atom stereocenters. The van der Waals surface area contributed by atoms with Gasteiger partial charge in [0.05, 0.1) is 5.02 Å². The Labute approximate surface area is 112 Å². The maximum atomic E-state index is 6.03. The molecule has 0 radical (unpaired) electrons. The molecule has 0 unspecified atom stereocenters. The minimum Gasteiger partial charge on any atom is -0.437 e. The Bertz CT molecular complexity index is 542. The van der Waals surface area contributed by atoms with Crippen LogP contribution in [0.2, 0.25) is 5.02 Å². The third-order valence-corrected chi connectivity index (χ3v) is 2.75. The highest BCUT2D eigenvalue weighted by molar-refractivity contribution is 9.10. The zero-order valence-corrected chi connectivity index (χ0v) is 11.3. The molecule has 1 aromatic carbocycles. The van der Waals surface area contributed by atoms with E-state index in [9.17, 15) is 0 Å². The second kappa shape index (κ2) is 4.89. The lowest BCUT2D eigenvalue weighted by atomic mass is 10.3. The summed E-state index contributed by atoms with van der Waals surface area (Å²) in [5.41, 5.74) is 6.27. The van der Waals surface area contributed by atoms with Gasteiger partial charge in [0.15, 0.2) is 0 Å². The summed E-state index contributed by atoms with van der Waals surface area (Å²) < 4.78 is 6.42. The van der Waals surface area contributed by atoms with Crippen LogP contribution in [0.1, 0.15) is 5.69 Å². The van der Waals surface area contributed by atoms with Crippen molar-refractivity contribution in [3.05, 3.63) is 39.5 Å². The fourth-order valence-corrected chi connectivity index (χ4v) is 2.00. The number of benzene rings is 1. The van der Waals surface area contributed by atoms with Crippen molar-refractivity contribution in [3.63, 3.8) is 0 Å². The first-order valence-electron chi connectivity index (χ1n) is 4.78. The maximum absolute atomic E-state index is 6.03. The van der Waals surface area contributed by atoms with E-state index in [1.54, 1.807) is 18.2 Å². The van der Waals surface area contributed by atoms with E-state index in [0.717, 1.165) is 10.2 Å². The Morgan fingerprint density at radius 1 is 1.29 bits per heavy atom. The van der Waals surface area contributed by atoms with E-state index in [4.69, 9.17) is 22.1 Å². The summed E-state index contributed by atoms with van der Waals surface area (Å²) >= 11 is 9.35. The van der Waals surface area contributed by atoms with Gasteiger partial charge >= 0.3 is 0 Å². The minimum absolute atomic E-state index is 0.174. The van der Waals surface area contributed by atoms with E-state index in [0.29, 0.717) is 16.7 Å². The number of hydrogen-bond acceptors (Lipinski definition) is 4. The predicted molar refractivity (Wildman–Crippen MR) is 70.4 cm³/mol. The lowest BCUT2D eigenvalue weighted by Crippen LogP contribution is -1.98. The monoisotopic (exact) mass is 313 g/mol. The van der Waals surface area contributed by atoms with Crippen LogP contribution < -0.4 is 10.5 Å². The van der Waals surface area contributed by atoms with Gasteiger partial charge in [0, 0.05) is 16.2 Å². The number of rotatable bonds is 2. The SMILES string of the molecule is Cc1cc(Oc2ccc(Br)cc2Cl)nc(N)n1. The van der Waals surface area contributed by atoms with Gasteiger partial charge in [0.25, 0.3) is 0 Å². The number of nitrogens with zero attached hydrogens (tertiary/aromatic N) is 2. The first kappa shape index (κ1) is 12.1. The molecule has 0 amide bonds. The summed E-state index contributed by atoms with van der Waals surface area (Å²) in [6, 6.07) is 7.02. The number of hydrogen-bond donors (Lipinski definition) is 1. The number of aromatic nitrogens is 2. The highest BCUT2D eigenvalue weighted by Gasteiger charge is 2.06. The molecule has 2 rings (SSSR count). The van der Waals surface area contributed by atoms with Gasteiger partial charge < -0.3 is 10.5 Å². The van der Waals surface area contributed by atoms with Gasteiger partial charge in [0.2, 0.25) is 11.8 Å². The molecule has 0 spiro atoms. The molecule has 17 heavy (non-hydrogen) atoms. The zero-order valence-electron chi connectivity index (χ0n) is 8.95. The van der Waals surface area contributed by atoms with Crippen LogP contribution in [0.5, 0.6) is 11.6 Å². The van der Waals surface area contributed by atoms with Crippen molar-refractivity contribution in [2.75, 3.05) is 5.73 Å². The van der Waals surface area contributed by atoms with Crippen LogP contribution in [-0.2, 0) is 0 Å². The van der Waals surface area contributed by atoms with Crippen LogP contribution in [0.15, 0.2) is 28.7 Å². The minimum atomic E-state index is 0.174. The first-order chi connectivity index (χ1) is 8.04. The van der Waals surface area contributed by atoms with Crippen LogP contribution in [0.4, 0.5) is 5.95 Å². The molecular formula is C11H9BrClN3O. The Hall–Kier alpha value is -1.33. The fourth-order valence-electron chi connectivity index (χ4n) is 1.28. The molecule has 1 aromatic heterocycles. The maximum Gasteiger partial charge on any atom is 0.224 e. The van der Waals surface area contributed by atoms with Crippen LogP contribution in [0, 0.1) is 6.92 Å². The van der Waals surface area contributed by atoms with E-state index in [2.05, 4.69) is 25.9 Å². The Balaban J connectivity index is 2.31. The number of nitrogens with two attached hydrogens (primary N) is 1. The van der Waals surface area contributed by atoms with E-state index in [1.807, 2.05) is 13.0 Å². The quantitative estimate of drug-likeness (QED) is 0.920. The molecule has 2 N–H and O–H groups in total. The van der Waals surface area contributed by atoms with Crippen molar-refractivity contribution < 1.29 is 4.74 Å². The molecule has 0 saturated carbocycles. The van der Waals surface area contributed by atoms with Gasteiger partial charge in [-0.2, -0.15) is 4.98 Å². The van der Waals surface area contributed by atoms with Gasteiger partial charge in [-0.3, -0.25) is 0 Å². The smallest absolute Gasteiger partial charge is 0.224 e. The predicted octanol–water partition coefficient (Wildman–Crippen LogP) is 3.58. The second-order valence-corrected chi connectivity index (χ2v) is 4.71. The number of ether oxygens (including phenoxy) is 1. The highest BCUT2D eigenvalue weighted by Crippen LogP contribution is 2.31. The molecule has 0 aliphatic carbocycles. The van der Waals surface area contributed by atoms with Crippen molar-refractivity contribution in [2.45, 2.75) is 6.92 Å². The Morgan fingerprint density at radius 2 is 2.06 bits per heavy atom. The average Bonchev–Trinajstić information content (AvgIpc) is 2.21. The van der Waals surface area contributed by atoms with Crippen molar-refractivity contribution in [3.8, 4) is 11.6 Å². The van der Waals surface area contributed by atoms with E-state index in [1.165, 1.54) is 0 Å². The summed E-state index contributed by atoms with van der Waals surface area (Å²) in [7, 11) is 0. The Kier molecular flexibility index (Phi) is 3.49. The van der Waals surface area contributed by atoms with Crippen LogP contribution in [0.3, 0.4) is 0 Å². The number of nitrogen functional groups attached to an aromatic ring is 1. The van der Waals surface area contributed by atoms with Gasteiger partial charge in [-0.05, 0) is 25.1 Å². The molecule has 2 aromatic rings. The zero-order chi connectivity index (χ0) is 12.4. The van der Waals surface area contributed by atoms with Gasteiger partial charge in [-0.1, -0.05) is 27.5 Å². The van der Waals surface area contributed by atoms with Crippen molar-refractivity contribution in [1.82, 2.24) is 9.97 Å². The lowest BCUT2D eigenvalue weighted by Gasteiger charge is -2.07. The van der Waals surface area contributed by atoms with Crippen molar-refractivity contribution >= 4 is 33.5 Å². The van der Waals surface area contributed by atoms with Gasteiger partial charge in [-0.15, -0.1) is 0 Å². The molecule has 0 bridgehead atoms. The molecule has 88 valence electrons. The fraction of sp³-hybridized carbons (Fsp3) is 0.0909. The molecule has 0 fully saturated rings. The topological polar surface area (TPSA) is 61.0 Å². The van der Waals surface area contributed by atoms with E-state index >= 15 is 0 Å². The normalized spacial score (nSPS) is 10.3. The molecule has 0 aliphatic rings. The standard InChI is InChI=1S/C11H9BrClN3O/c1-6-4-10(16-11(14)15-6)17-9-3-2-7(12)5-8(9)13/h2-5H,1H3,(H2,14,15,16). The van der Waals surface area contributed by atoms with Crippen molar-refractivity contribution in [1.29, 1.82) is 0 Å². The van der Waals surface area contributed by atoms with Gasteiger partial charge in [-0.25, -0.2) is 4.98 Å². The molecule has 1 heterocycles. The molecule has 0 aliphatic heterocycles. The van der Waals surface area contributed by atoms with Gasteiger partial charge in [0.1, 0.15) is 5.75 Å². The number of halogens is 2. The van der Waals surface area contributed by atoms with E-state index in [-0.39, 0.29) is 5.95 Å². The lowest BCUT2D eigenvalue weighted by molar-refractivity contribution is 0.462. The number of aryl methyl sites for hydroxylation is 1. The third kappa shape index (κ3) is 3.08. The second-order valence-electron chi connectivity index (χ2n) is 3.38. The van der Waals surface area contributed by atoms with Crippen LogP contribution in [-0.4, -0.2) is 9.97 Å². The van der Waals surface area contributed by atoms with Crippen molar-refractivity contribution in [2.24, 2.45) is 0 Å². The average molecular weight is 315 g/mol. The molecular weight excluding hydrogens is 305 g/mol. The largest absolute Gasteiger partial charge is 0.437 e. The highest BCUT2D eigenvalue weighted by atomic mass is 79.9. The van der Waals surface area contributed by atoms with E-state index < -0.39 is 0 Å². The summed E-state index contributed by atoms with van der Waals surface area (Å²) in [6.45, 7) is 1.81. The summed E-state index contributed by atoms with van der Waals surface area (Å²) in [6.07, 6.45) is 0. The molecule has 6 heteroatoms. The third-order valence-electron chi connectivity index (χ3n) is 1.96. The first-order valence-corrected chi connectivity index (χ1v) is 5.96. The molecule has 0 saturated heterocycles. The van der Waals surface area contributed by atoms with Crippen LogP contribution >= 0.6 is 27.5 Å². The van der Waals surface area contributed by atoms with Crippen LogP contribution in [0.25, 0.3) is 0 Å². The summed E-state index contributed by atoms with van der Waals surface area (Å²) in [4.78, 5) is 7.93. The summed E-state index contributed by atoms with van der Waals surface area (Å²) in [5.74, 6) is 1.07.